The fourth-order valence-corrected chi connectivity index (χ4v) is 1.35. The van der Waals surface area contributed by atoms with Crippen molar-refractivity contribution < 1.29 is 18.7 Å². The molecule has 2 aromatic rings. The number of hydrogen-bond acceptors (Lipinski definition) is 3. The molecular weight excluding hydrogens is 205 g/mol. The smallest absolute Gasteiger partial charge is 0.419 e. The molecule has 0 bridgehead atoms. The van der Waals surface area contributed by atoms with Crippen LogP contribution in [0.15, 0.2) is 21.3 Å². The second-order valence-electron chi connectivity index (χ2n) is 3.04. The van der Waals surface area contributed by atoms with Crippen LogP contribution in [0.25, 0.3) is 11.1 Å². The summed E-state index contributed by atoms with van der Waals surface area (Å²) in [4.78, 5) is 21.6. The summed E-state index contributed by atoms with van der Waals surface area (Å²) in [7, 11) is 1.34. The summed E-state index contributed by atoms with van der Waals surface area (Å²) in [5.74, 6) is -2.80. The Morgan fingerprint density at radius 2 is 2.20 bits per heavy atom. The normalized spacial score (nSPS) is 10.8. The lowest BCUT2D eigenvalue weighted by molar-refractivity contribution is 0.0696. The van der Waals surface area contributed by atoms with Gasteiger partial charge in [-0.1, -0.05) is 0 Å². The molecule has 0 fully saturated rings. The number of aromatic carboxylic acids is 1. The van der Waals surface area contributed by atoms with Gasteiger partial charge in [0.1, 0.15) is 5.52 Å². The third kappa shape index (κ3) is 1.30. The molecule has 0 aliphatic rings. The predicted octanol–water partition coefficient (Wildman–Crippen LogP) is 0.969. The first kappa shape index (κ1) is 9.45. The Hall–Kier alpha value is -2.11. The molecule has 0 atom stereocenters. The van der Waals surface area contributed by atoms with E-state index in [2.05, 4.69) is 4.42 Å². The van der Waals surface area contributed by atoms with Gasteiger partial charge in [-0.05, 0) is 12.1 Å². The molecule has 0 unspecified atom stereocenters. The van der Waals surface area contributed by atoms with E-state index in [0.717, 1.165) is 16.7 Å². The van der Waals surface area contributed by atoms with Gasteiger partial charge in [0.15, 0.2) is 11.4 Å². The van der Waals surface area contributed by atoms with Crippen molar-refractivity contribution >= 4 is 17.1 Å². The third-order valence-corrected chi connectivity index (χ3v) is 2.08. The molecule has 0 saturated carbocycles. The van der Waals surface area contributed by atoms with Crippen LogP contribution in [0.5, 0.6) is 0 Å². The highest BCUT2D eigenvalue weighted by molar-refractivity contribution is 5.92. The highest BCUT2D eigenvalue weighted by atomic mass is 19.1. The topological polar surface area (TPSA) is 72.4 Å². The summed E-state index contributed by atoms with van der Waals surface area (Å²) in [5.41, 5.74) is -0.362. The number of benzene rings is 1. The van der Waals surface area contributed by atoms with Crippen LogP contribution in [0, 0.1) is 5.82 Å². The van der Waals surface area contributed by atoms with Crippen molar-refractivity contribution in [1.29, 1.82) is 0 Å². The number of aromatic nitrogens is 1. The van der Waals surface area contributed by atoms with Crippen LogP contribution in [0.4, 0.5) is 4.39 Å². The van der Waals surface area contributed by atoms with Crippen molar-refractivity contribution in [2.24, 2.45) is 7.05 Å². The van der Waals surface area contributed by atoms with Gasteiger partial charge in [0, 0.05) is 7.05 Å². The molecule has 0 spiro atoms. The lowest BCUT2D eigenvalue weighted by atomic mass is 10.2. The Morgan fingerprint density at radius 3 is 2.80 bits per heavy atom. The molecule has 1 N–H and O–H groups in total. The highest BCUT2D eigenvalue weighted by Crippen LogP contribution is 2.18. The maximum atomic E-state index is 13.4. The number of fused-ring (bicyclic) bond motifs is 1. The standard InChI is InChI=1S/C9H6FNO4/c1-11-7-5(10)2-4(8(12)13)3-6(7)15-9(11)14/h2-3H,1H3,(H,12,13). The number of hydrogen-bond donors (Lipinski definition) is 1. The summed E-state index contributed by atoms with van der Waals surface area (Å²) >= 11 is 0. The molecular formula is C9H6FNO4. The summed E-state index contributed by atoms with van der Waals surface area (Å²) in [6, 6.07) is 1.96. The molecule has 0 aliphatic carbocycles. The quantitative estimate of drug-likeness (QED) is 0.762. The van der Waals surface area contributed by atoms with Gasteiger partial charge in [0.2, 0.25) is 0 Å². The molecule has 1 aromatic heterocycles. The number of carboxylic acid groups (broad SMARTS) is 1. The number of nitrogens with zero attached hydrogens (tertiary/aromatic N) is 1. The average Bonchev–Trinajstić information content (AvgIpc) is 2.42. The second-order valence-corrected chi connectivity index (χ2v) is 3.04. The lowest BCUT2D eigenvalue weighted by Gasteiger charge is -1.96. The van der Waals surface area contributed by atoms with Gasteiger partial charge < -0.3 is 9.52 Å². The second kappa shape index (κ2) is 2.94. The van der Waals surface area contributed by atoms with Crippen LogP contribution in [-0.4, -0.2) is 15.6 Å². The van der Waals surface area contributed by atoms with E-state index >= 15 is 0 Å². The van der Waals surface area contributed by atoms with Gasteiger partial charge in [-0.2, -0.15) is 0 Å². The molecule has 0 saturated heterocycles. The van der Waals surface area contributed by atoms with Gasteiger partial charge in [-0.15, -0.1) is 0 Å². The van der Waals surface area contributed by atoms with E-state index in [1.165, 1.54) is 7.05 Å². The van der Waals surface area contributed by atoms with Crippen molar-refractivity contribution in [3.8, 4) is 0 Å². The van der Waals surface area contributed by atoms with Gasteiger partial charge in [-0.25, -0.2) is 14.0 Å². The third-order valence-electron chi connectivity index (χ3n) is 2.08. The minimum atomic E-state index is -1.28. The summed E-state index contributed by atoms with van der Waals surface area (Å²) in [6.07, 6.45) is 0. The number of rotatable bonds is 1. The molecule has 2 rings (SSSR count). The van der Waals surface area contributed by atoms with Crippen molar-refractivity contribution in [3.05, 3.63) is 34.1 Å². The van der Waals surface area contributed by atoms with E-state index in [1.54, 1.807) is 0 Å². The minimum absolute atomic E-state index is 0.0370. The van der Waals surface area contributed by atoms with Crippen LogP contribution in [0.3, 0.4) is 0 Å². The number of aryl methyl sites for hydroxylation is 1. The number of carboxylic acids is 1. The predicted molar refractivity (Wildman–Crippen MR) is 48.4 cm³/mol. The largest absolute Gasteiger partial charge is 0.478 e. The Balaban J connectivity index is 2.90. The zero-order valence-corrected chi connectivity index (χ0v) is 7.65. The molecule has 0 radical (unpaired) electrons. The molecule has 78 valence electrons. The average molecular weight is 211 g/mol. The fraction of sp³-hybridized carbons (Fsp3) is 0.111. The van der Waals surface area contributed by atoms with Crippen LogP contribution >= 0.6 is 0 Å². The summed E-state index contributed by atoms with van der Waals surface area (Å²) in [5, 5.41) is 8.65. The Morgan fingerprint density at radius 1 is 1.53 bits per heavy atom. The van der Waals surface area contributed by atoms with E-state index in [0.29, 0.717) is 0 Å². The molecule has 1 heterocycles. The first-order valence-electron chi connectivity index (χ1n) is 4.03. The van der Waals surface area contributed by atoms with Crippen LogP contribution in [0.2, 0.25) is 0 Å². The Bertz CT molecular complexity index is 610. The van der Waals surface area contributed by atoms with E-state index in [1.807, 2.05) is 0 Å². The van der Waals surface area contributed by atoms with Gasteiger partial charge in [0.25, 0.3) is 0 Å². The maximum Gasteiger partial charge on any atom is 0.419 e. The minimum Gasteiger partial charge on any atom is -0.478 e. The van der Waals surface area contributed by atoms with Crippen molar-refractivity contribution in [2.75, 3.05) is 0 Å². The monoisotopic (exact) mass is 211 g/mol. The summed E-state index contributed by atoms with van der Waals surface area (Å²) < 4.78 is 19.1. The Kier molecular flexibility index (Phi) is 1.85. The maximum absolute atomic E-state index is 13.4. The molecule has 1 aromatic carbocycles. The Labute approximate surface area is 82.3 Å². The molecule has 0 amide bonds. The van der Waals surface area contributed by atoms with Crippen LogP contribution in [0.1, 0.15) is 10.4 Å². The number of halogens is 1. The van der Waals surface area contributed by atoms with E-state index in [-0.39, 0.29) is 16.7 Å². The zero-order valence-electron chi connectivity index (χ0n) is 7.65. The van der Waals surface area contributed by atoms with Crippen LogP contribution in [-0.2, 0) is 7.05 Å². The number of oxazole rings is 1. The molecule has 6 heteroatoms. The van der Waals surface area contributed by atoms with Gasteiger partial charge >= 0.3 is 11.7 Å². The van der Waals surface area contributed by atoms with E-state index < -0.39 is 17.5 Å². The van der Waals surface area contributed by atoms with Crippen molar-refractivity contribution in [2.45, 2.75) is 0 Å². The lowest BCUT2D eigenvalue weighted by Crippen LogP contribution is -2.09. The number of carbonyl (C=O) groups is 1. The fourth-order valence-electron chi connectivity index (χ4n) is 1.35. The molecule has 0 aliphatic heterocycles. The van der Waals surface area contributed by atoms with Gasteiger partial charge in [-0.3, -0.25) is 4.57 Å². The van der Waals surface area contributed by atoms with Crippen molar-refractivity contribution in [3.63, 3.8) is 0 Å². The molecule has 15 heavy (non-hydrogen) atoms. The highest BCUT2D eigenvalue weighted by Gasteiger charge is 2.15. The van der Waals surface area contributed by atoms with Crippen molar-refractivity contribution in [1.82, 2.24) is 4.57 Å². The zero-order chi connectivity index (χ0) is 11.2. The van der Waals surface area contributed by atoms with Crippen LogP contribution < -0.4 is 5.76 Å². The van der Waals surface area contributed by atoms with Gasteiger partial charge in [0.05, 0.1) is 5.56 Å². The first-order chi connectivity index (χ1) is 7.00. The van der Waals surface area contributed by atoms with E-state index in [4.69, 9.17) is 5.11 Å². The SMILES string of the molecule is Cn1c(=O)oc2cc(C(=O)O)cc(F)c21. The van der Waals surface area contributed by atoms with E-state index in [9.17, 15) is 14.0 Å². The first-order valence-corrected chi connectivity index (χ1v) is 4.03. The molecule has 5 nitrogen and oxygen atoms in total. The summed E-state index contributed by atoms with van der Waals surface area (Å²) in [6.45, 7) is 0.